The maximum atomic E-state index is 10.3. The first kappa shape index (κ1) is 10.2. The second kappa shape index (κ2) is 4.90. The van der Waals surface area contributed by atoms with Gasteiger partial charge in [0.2, 0.25) is 0 Å². The molecule has 0 amide bonds. The van der Waals surface area contributed by atoms with Crippen LogP contribution in [0.15, 0.2) is 12.4 Å². The van der Waals surface area contributed by atoms with Crippen LogP contribution < -0.4 is 0 Å². The molecule has 0 aliphatic rings. The first-order valence-electron chi connectivity index (χ1n) is 2.90. The van der Waals surface area contributed by atoms with Crippen molar-refractivity contribution in [3.8, 4) is 0 Å². The molecular weight excluding hydrogens is 212 g/mol. The Labute approximate surface area is 74.7 Å². The average molecular weight is 221 g/mol. The molecule has 1 aromatic heterocycles. The smallest absolute Gasteiger partial charge is 0.303 e. The fourth-order valence-electron chi connectivity index (χ4n) is 0.547. The second-order valence-corrected chi connectivity index (χ2v) is 1.82. The predicted octanol–water partition coefficient (Wildman–Crippen LogP) is 1.05. The monoisotopic (exact) mass is 220 g/mol. The molecule has 11 heavy (non-hydrogen) atoms. The molecule has 0 aliphatic heterocycles. The highest BCUT2D eigenvalue weighted by Gasteiger charge is 1.95. The molecular formula is C6H9BrN2O2. The van der Waals surface area contributed by atoms with E-state index in [-0.39, 0.29) is 29.6 Å². The van der Waals surface area contributed by atoms with Crippen molar-refractivity contribution in [1.29, 1.82) is 0 Å². The third-order valence-electron chi connectivity index (χ3n) is 0.967. The summed E-state index contributed by atoms with van der Waals surface area (Å²) in [6.07, 6.45) is 3.29. The lowest BCUT2D eigenvalue weighted by molar-refractivity contribution is -0.142. The Morgan fingerprint density at radius 3 is 3.00 bits per heavy atom. The van der Waals surface area contributed by atoms with Gasteiger partial charge in [-0.15, -0.1) is 17.0 Å². The van der Waals surface area contributed by atoms with E-state index in [0.29, 0.717) is 5.82 Å². The molecule has 1 rings (SSSR count). The summed E-state index contributed by atoms with van der Waals surface area (Å²) in [6.45, 7) is 1.59. The van der Waals surface area contributed by atoms with Crippen molar-refractivity contribution in [3.05, 3.63) is 18.2 Å². The van der Waals surface area contributed by atoms with Crippen LogP contribution in [0, 0.1) is 0 Å². The molecule has 0 atom stereocenters. The fourth-order valence-corrected chi connectivity index (χ4v) is 0.547. The van der Waals surface area contributed by atoms with Crippen molar-refractivity contribution < 1.29 is 9.53 Å². The molecule has 0 aliphatic carbocycles. The lowest BCUT2D eigenvalue weighted by Gasteiger charge is -1.95. The van der Waals surface area contributed by atoms with Gasteiger partial charge in [-0.3, -0.25) is 4.79 Å². The van der Waals surface area contributed by atoms with Crippen molar-refractivity contribution in [2.75, 3.05) is 0 Å². The maximum absolute atomic E-state index is 10.3. The Morgan fingerprint density at radius 2 is 2.55 bits per heavy atom. The standard InChI is InChI=1S/C6H8N2O2.BrH/c1-5(9)10-4-6-7-2-3-8-6;/h2-3H,4H2,1H3,(H,7,8);1H. The van der Waals surface area contributed by atoms with Crippen molar-refractivity contribution in [2.45, 2.75) is 13.5 Å². The Kier molecular flexibility index (Phi) is 4.52. The number of carbonyl (C=O) groups is 1. The van der Waals surface area contributed by atoms with Crippen LogP contribution in [0.5, 0.6) is 0 Å². The van der Waals surface area contributed by atoms with E-state index in [9.17, 15) is 4.79 Å². The summed E-state index contributed by atoms with van der Waals surface area (Å²) in [5, 5.41) is 0. The van der Waals surface area contributed by atoms with E-state index in [2.05, 4.69) is 14.7 Å². The van der Waals surface area contributed by atoms with Gasteiger partial charge in [0.25, 0.3) is 0 Å². The Bertz CT molecular complexity index is 210. The highest BCUT2D eigenvalue weighted by Crippen LogP contribution is 1.90. The molecule has 0 fully saturated rings. The number of carbonyl (C=O) groups excluding carboxylic acids is 1. The minimum Gasteiger partial charge on any atom is -0.458 e. The van der Waals surface area contributed by atoms with Crippen LogP contribution >= 0.6 is 17.0 Å². The molecule has 62 valence electrons. The lowest BCUT2D eigenvalue weighted by atomic mass is 10.6. The van der Waals surface area contributed by atoms with E-state index in [1.165, 1.54) is 6.92 Å². The third-order valence-corrected chi connectivity index (χ3v) is 0.967. The van der Waals surface area contributed by atoms with Gasteiger partial charge in [-0.05, 0) is 0 Å². The van der Waals surface area contributed by atoms with Gasteiger partial charge in [-0.2, -0.15) is 0 Å². The number of ether oxygens (including phenoxy) is 1. The maximum Gasteiger partial charge on any atom is 0.303 e. The average Bonchev–Trinajstić information content (AvgIpc) is 2.34. The Balaban J connectivity index is 0.000001000. The first-order chi connectivity index (χ1) is 4.79. The SMILES string of the molecule is Br.CC(=O)OCc1ncc[nH]1. The summed E-state index contributed by atoms with van der Waals surface area (Å²) >= 11 is 0. The van der Waals surface area contributed by atoms with Crippen molar-refractivity contribution in [1.82, 2.24) is 9.97 Å². The van der Waals surface area contributed by atoms with Crippen molar-refractivity contribution >= 4 is 23.0 Å². The van der Waals surface area contributed by atoms with E-state index in [1.807, 2.05) is 0 Å². The number of halogens is 1. The topological polar surface area (TPSA) is 55.0 Å². The summed E-state index contributed by atoms with van der Waals surface area (Å²) in [5.41, 5.74) is 0. The minimum absolute atomic E-state index is 0. The van der Waals surface area contributed by atoms with Crippen LogP contribution in [-0.2, 0) is 16.1 Å². The molecule has 4 nitrogen and oxygen atoms in total. The Hall–Kier alpha value is -0.840. The zero-order valence-electron chi connectivity index (χ0n) is 6.03. The quantitative estimate of drug-likeness (QED) is 0.759. The molecule has 5 heteroatoms. The van der Waals surface area contributed by atoms with Gasteiger partial charge >= 0.3 is 5.97 Å². The predicted molar refractivity (Wildman–Crippen MR) is 44.4 cm³/mol. The van der Waals surface area contributed by atoms with Crippen LogP contribution in [0.2, 0.25) is 0 Å². The molecule has 0 saturated carbocycles. The zero-order valence-corrected chi connectivity index (χ0v) is 7.75. The molecule has 0 unspecified atom stereocenters. The summed E-state index contributed by atoms with van der Waals surface area (Å²) < 4.78 is 4.65. The molecule has 1 aromatic rings. The summed E-state index contributed by atoms with van der Waals surface area (Å²) in [4.78, 5) is 16.9. The highest BCUT2D eigenvalue weighted by molar-refractivity contribution is 8.93. The number of aromatic nitrogens is 2. The van der Waals surface area contributed by atoms with Gasteiger partial charge in [-0.25, -0.2) is 4.98 Å². The van der Waals surface area contributed by atoms with Gasteiger partial charge in [0, 0.05) is 19.3 Å². The minimum atomic E-state index is -0.295. The van der Waals surface area contributed by atoms with E-state index < -0.39 is 0 Å². The number of imidazole rings is 1. The lowest BCUT2D eigenvalue weighted by Crippen LogP contribution is -1.99. The van der Waals surface area contributed by atoms with Crippen LogP contribution in [0.25, 0.3) is 0 Å². The summed E-state index contributed by atoms with van der Waals surface area (Å²) in [7, 11) is 0. The zero-order chi connectivity index (χ0) is 7.40. The van der Waals surface area contributed by atoms with Gasteiger partial charge < -0.3 is 9.72 Å². The fraction of sp³-hybridized carbons (Fsp3) is 0.333. The van der Waals surface area contributed by atoms with E-state index in [0.717, 1.165) is 0 Å². The molecule has 0 radical (unpaired) electrons. The van der Waals surface area contributed by atoms with Gasteiger partial charge in [0.1, 0.15) is 12.4 Å². The van der Waals surface area contributed by atoms with Crippen LogP contribution in [0.4, 0.5) is 0 Å². The normalized spacial score (nSPS) is 8.45. The van der Waals surface area contributed by atoms with E-state index >= 15 is 0 Å². The highest BCUT2D eigenvalue weighted by atomic mass is 79.9. The molecule has 0 spiro atoms. The number of hydrogen-bond acceptors (Lipinski definition) is 3. The van der Waals surface area contributed by atoms with E-state index in [4.69, 9.17) is 0 Å². The number of esters is 1. The van der Waals surface area contributed by atoms with Crippen molar-refractivity contribution in [2.24, 2.45) is 0 Å². The number of rotatable bonds is 2. The Morgan fingerprint density at radius 1 is 1.82 bits per heavy atom. The molecule has 0 bridgehead atoms. The van der Waals surface area contributed by atoms with Crippen LogP contribution in [0.3, 0.4) is 0 Å². The largest absolute Gasteiger partial charge is 0.458 e. The van der Waals surface area contributed by atoms with E-state index in [1.54, 1.807) is 12.4 Å². The molecule has 1 heterocycles. The van der Waals surface area contributed by atoms with Gasteiger partial charge in [-0.1, -0.05) is 0 Å². The van der Waals surface area contributed by atoms with Crippen LogP contribution in [0.1, 0.15) is 12.7 Å². The third kappa shape index (κ3) is 3.77. The number of aromatic amines is 1. The van der Waals surface area contributed by atoms with Crippen molar-refractivity contribution in [3.63, 3.8) is 0 Å². The van der Waals surface area contributed by atoms with Gasteiger partial charge in [0.15, 0.2) is 0 Å². The summed E-state index contributed by atoms with van der Waals surface area (Å²) in [6, 6.07) is 0. The van der Waals surface area contributed by atoms with Gasteiger partial charge in [0.05, 0.1) is 0 Å². The molecule has 0 aromatic carbocycles. The molecule has 1 N–H and O–H groups in total. The molecule has 0 saturated heterocycles. The van der Waals surface area contributed by atoms with Crippen LogP contribution in [-0.4, -0.2) is 15.9 Å². The first-order valence-corrected chi connectivity index (χ1v) is 2.90. The number of H-pyrrole nitrogens is 1. The number of nitrogens with one attached hydrogen (secondary N) is 1. The second-order valence-electron chi connectivity index (χ2n) is 1.82. The number of nitrogens with zero attached hydrogens (tertiary/aromatic N) is 1. The number of hydrogen-bond donors (Lipinski definition) is 1. The summed E-state index contributed by atoms with van der Waals surface area (Å²) in [5.74, 6) is 0.367.